The third-order valence-electron chi connectivity index (χ3n) is 7.50. The normalized spacial score (nSPS) is 17.5. The van der Waals surface area contributed by atoms with Gasteiger partial charge in [0.1, 0.15) is 0 Å². The molecule has 0 aromatic heterocycles. The second-order valence-electron chi connectivity index (χ2n) is 10.2. The highest BCUT2D eigenvalue weighted by Gasteiger charge is 2.30. The maximum Gasteiger partial charge on any atom is 0.328 e. The van der Waals surface area contributed by atoms with Gasteiger partial charge in [-0.1, -0.05) is 36.4 Å². The molecule has 3 aliphatic rings. The van der Waals surface area contributed by atoms with Gasteiger partial charge in [0.25, 0.3) is 5.91 Å². The van der Waals surface area contributed by atoms with E-state index in [-0.39, 0.29) is 11.8 Å². The molecular formula is C30H35N3O6. The van der Waals surface area contributed by atoms with Gasteiger partial charge in [-0.15, -0.1) is 0 Å². The van der Waals surface area contributed by atoms with Crippen LogP contribution < -0.4 is 4.90 Å². The first kappa shape index (κ1) is 28.0. The minimum atomic E-state index is -1.26. The number of rotatable bonds is 8. The molecular weight excluding hydrogens is 498 g/mol. The number of aliphatic carboxylic acids is 2. The molecule has 1 fully saturated rings. The van der Waals surface area contributed by atoms with Gasteiger partial charge in [-0.2, -0.15) is 0 Å². The molecule has 2 aromatic carbocycles. The molecule has 9 nitrogen and oxygen atoms in total. The maximum absolute atomic E-state index is 12.6. The zero-order valence-corrected chi connectivity index (χ0v) is 22.0. The van der Waals surface area contributed by atoms with E-state index in [2.05, 4.69) is 29.2 Å². The summed E-state index contributed by atoms with van der Waals surface area (Å²) in [5.74, 6) is -1.47. The molecule has 2 aromatic rings. The average Bonchev–Trinajstić information content (AvgIpc) is 3.25. The van der Waals surface area contributed by atoms with E-state index in [4.69, 9.17) is 10.2 Å². The van der Waals surface area contributed by atoms with Crippen molar-refractivity contribution < 1.29 is 29.4 Å². The summed E-state index contributed by atoms with van der Waals surface area (Å²) >= 11 is 0. The second kappa shape index (κ2) is 13.2. The number of hydrogen-bond acceptors (Lipinski definition) is 5. The molecule has 206 valence electrons. The van der Waals surface area contributed by atoms with Crippen molar-refractivity contribution in [3.63, 3.8) is 0 Å². The van der Waals surface area contributed by atoms with Crippen LogP contribution in [-0.4, -0.2) is 76.5 Å². The number of amides is 2. The smallest absolute Gasteiger partial charge is 0.328 e. The number of nitrogens with zero attached hydrogens (tertiary/aromatic N) is 3. The van der Waals surface area contributed by atoms with Crippen molar-refractivity contribution in [2.75, 3.05) is 37.6 Å². The Morgan fingerprint density at radius 1 is 0.846 bits per heavy atom. The molecule has 3 aliphatic heterocycles. The number of piperidine rings is 1. The van der Waals surface area contributed by atoms with Crippen LogP contribution in [0, 0.1) is 5.92 Å². The number of hydrogen-bond donors (Lipinski definition) is 2. The maximum atomic E-state index is 12.6. The van der Waals surface area contributed by atoms with E-state index in [1.54, 1.807) is 0 Å². The Morgan fingerprint density at radius 3 is 2.15 bits per heavy atom. The summed E-state index contributed by atoms with van der Waals surface area (Å²) in [5.41, 5.74) is 4.45. The first-order valence-corrected chi connectivity index (χ1v) is 13.4. The predicted molar refractivity (Wildman–Crippen MR) is 146 cm³/mol. The number of carbonyl (C=O) groups is 4. The van der Waals surface area contributed by atoms with Gasteiger partial charge in [-0.3, -0.25) is 9.59 Å². The Bertz CT molecular complexity index is 1220. The molecule has 0 atom stereocenters. The van der Waals surface area contributed by atoms with E-state index < -0.39 is 11.9 Å². The minimum Gasteiger partial charge on any atom is -0.478 e. The lowest BCUT2D eigenvalue weighted by molar-refractivity contribution is -0.134. The Kier molecular flexibility index (Phi) is 9.49. The van der Waals surface area contributed by atoms with E-state index in [1.165, 1.54) is 11.1 Å². The summed E-state index contributed by atoms with van der Waals surface area (Å²) in [6.45, 7) is 5.65. The molecule has 0 radical (unpaired) electrons. The molecule has 1 saturated heterocycles. The van der Waals surface area contributed by atoms with Gasteiger partial charge in [0, 0.05) is 49.5 Å². The Morgan fingerprint density at radius 2 is 1.49 bits per heavy atom. The van der Waals surface area contributed by atoms with Crippen LogP contribution in [0.15, 0.2) is 60.7 Å². The van der Waals surface area contributed by atoms with E-state index in [0.29, 0.717) is 24.5 Å². The van der Waals surface area contributed by atoms with Crippen molar-refractivity contribution >= 4 is 29.4 Å². The van der Waals surface area contributed by atoms with Gasteiger partial charge in [0.15, 0.2) is 0 Å². The Labute approximate surface area is 228 Å². The highest BCUT2D eigenvalue weighted by molar-refractivity contribution is 5.98. The van der Waals surface area contributed by atoms with Crippen LogP contribution in [0.1, 0.15) is 47.2 Å². The predicted octanol–water partition coefficient (Wildman–Crippen LogP) is 3.44. The fourth-order valence-corrected chi connectivity index (χ4v) is 5.50. The fraction of sp³-hybridized carbons (Fsp3) is 0.400. The number of likely N-dealkylation sites (tertiary alicyclic amines) is 1. The van der Waals surface area contributed by atoms with Crippen LogP contribution in [0.2, 0.25) is 0 Å². The lowest BCUT2D eigenvalue weighted by atomic mass is 9.96. The highest BCUT2D eigenvalue weighted by Crippen LogP contribution is 2.28. The standard InChI is InChI=1S/C26H31N3O2.C4H4O4/c30-25-11-10-21-6-2-4-9-24(21)29(25)15-5-14-27-16-12-20(13-17-27)18-28-19-22-7-1-3-8-23(22)26(28)31;5-3(6)1-2-4(7)8/h1-4,6-9,20H,5,10-19H2;1-2H,(H,5,6)(H,7,8)/b;2-1+. The first-order chi connectivity index (χ1) is 18.8. The molecule has 0 unspecified atom stereocenters. The van der Waals surface area contributed by atoms with E-state index >= 15 is 0 Å². The first-order valence-electron chi connectivity index (χ1n) is 13.4. The lowest BCUT2D eigenvalue weighted by Crippen LogP contribution is -2.41. The number of benzene rings is 2. The summed E-state index contributed by atoms with van der Waals surface area (Å²) in [6.07, 6.45) is 5.90. The minimum absolute atomic E-state index is 0.199. The van der Waals surface area contributed by atoms with Gasteiger partial charge in [0.2, 0.25) is 5.91 Å². The van der Waals surface area contributed by atoms with Crippen LogP contribution in [0.5, 0.6) is 0 Å². The van der Waals surface area contributed by atoms with Gasteiger partial charge in [-0.05, 0) is 74.5 Å². The van der Waals surface area contributed by atoms with E-state index in [1.807, 2.05) is 34.1 Å². The van der Waals surface area contributed by atoms with Gasteiger partial charge >= 0.3 is 11.9 Å². The van der Waals surface area contributed by atoms with E-state index in [0.717, 1.165) is 76.2 Å². The second-order valence-corrected chi connectivity index (χ2v) is 10.2. The average molecular weight is 534 g/mol. The zero-order chi connectivity index (χ0) is 27.8. The third kappa shape index (κ3) is 7.54. The quantitative estimate of drug-likeness (QED) is 0.499. The largest absolute Gasteiger partial charge is 0.478 e. The molecule has 39 heavy (non-hydrogen) atoms. The van der Waals surface area contributed by atoms with Crippen LogP contribution in [0.4, 0.5) is 5.69 Å². The van der Waals surface area contributed by atoms with E-state index in [9.17, 15) is 19.2 Å². The van der Waals surface area contributed by atoms with Crippen LogP contribution in [0.25, 0.3) is 0 Å². The summed E-state index contributed by atoms with van der Waals surface area (Å²) in [5, 5.41) is 15.6. The van der Waals surface area contributed by atoms with Crippen LogP contribution in [-0.2, 0) is 27.3 Å². The molecule has 0 spiro atoms. The summed E-state index contributed by atoms with van der Waals surface area (Å²) in [7, 11) is 0. The van der Waals surface area contributed by atoms with Crippen molar-refractivity contribution in [2.24, 2.45) is 5.92 Å². The summed E-state index contributed by atoms with van der Waals surface area (Å²) in [4.78, 5) is 50.7. The van der Waals surface area contributed by atoms with Crippen molar-refractivity contribution in [3.05, 3.63) is 77.4 Å². The van der Waals surface area contributed by atoms with Crippen molar-refractivity contribution in [1.82, 2.24) is 9.80 Å². The number of carbonyl (C=O) groups excluding carboxylic acids is 2. The number of carboxylic acid groups (broad SMARTS) is 2. The van der Waals surface area contributed by atoms with Gasteiger partial charge in [-0.25, -0.2) is 9.59 Å². The zero-order valence-electron chi connectivity index (χ0n) is 22.0. The molecule has 3 heterocycles. The number of anilines is 1. The number of aryl methyl sites for hydroxylation is 1. The Balaban J connectivity index is 0.000000386. The van der Waals surface area contributed by atoms with Crippen LogP contribution >= 0.6 is 0 Å². The summed E-state index contributed by atoms with van der Waals surface area (Å²) in [6, 6.07) is 16.3. The lowest BCUT2D eigenvalue weighted by Gasteiger charge is -2.35. The number of para-hydroxylation sites is 1. The monoisotopic (exact) mass is 533 g/mol. The molecule has 5 rings (SSSR count). The molecule has 0 aliphatic carbocycles. The van der Waals surface area contributed by atoms with Gasteiger partial charge in [0.05, 0.1) is 0 Å². The van der Waals surface area contributed by atoms with Gasteiger partial charge < -0.3 is 24.9 Å². The molecule has 2 N–H and O–H groups in total. The van der Waals surface area contributed by atoms with Crippen molar-refractivity contribution in [3.8, 4) is 0 Å². The Hall–Kier alpha value is -3.98. The fourth-order valence-electron chi connectivity index (χ4n) is 5.50. The number of carboxylic acids is 2. The van der Waals surface area contributed by atoms with Crippen LogP contribution in [0.3, 0.4) is 0 Å². The van der Waals surface area contributed by atoms with Crippen molar-refractivity contribution in [2.45, 2.75) is 38.6 Å². The molecule has 2 amide bonds. The van der Waals surface area contributed by atoms with Crippen molar-refractivity contribution in [1.29, 1.82) is 0 Å². The third-order valence-corrected chi connectivity index (χ3v) is 7.50. The highest BCUT2D eigenvalue weighted by atomic mass is 16.4. The molecule has 0 bridgehead atoms. The molecule has 0 saturated carbocycles. The topological polar surface area (TPSA) is 118 Å². The SMILES string of the molecule is O=C(O)/C=C/C(=O)O.O=C1c2ccccc2CN1CC1CCN(CCCN2C(=O)CCc3ccccc32)CC1. The summed E-state index contributed by atoms with van der Waals surface area (Å²) < 4.78 is 0. The molecule has 9 heteroatoms. The number of fused-ring (bicyclic) bond motifs is 2.